The van der Waals surface area contributed by atoms with E-state index in [2.05, 4.69) is 24.9 Å². The molecule has 0 saturated heterocycles. The molecule has 0 spiro atoms. The zero-order valence-electron chi connectivity index (χ0n) is 13.2. The monoisotopic (exact) mass is 302 g/mol. The molecule has 1 amide bonds. The maximum atomic E-state index is 12.5. The van der Waals surface area contributed by atoms with Crippen molar-refractivity contribution in [3.05, 3.63) is 30.5 Å². The fourth-order valence-electron chi connectivity index (χ4n) is 2.76. The summed E-state index contributed by atoms with van der Waals surface area (Å²) in [7, 11) is 0. The zero-order valence-corrected chi connectivity index (χ0v) is 13.2. The standard InChI is InChI=1S/C15H22N6O/c1-11(2)21-14(4-5-17-21)18-15(22)12(3)19-6-7-20-10-16-8-13(20)9-19/h4-5,8,10-12H,6-7,9H2,1-3H3,(H,18,22). The van der Waals surface area contributed by atoms with Gasteiger partial charge in [-0.25, -0.2) is 9.67 Å². The minimum Gasteiger partial charge on any atom is -0.332 e. The van der Waals surface area contributed by atoms with Crippen LogP contribution in [0.4, 0.5) is 5.82 Å². The first-order valence-electron chi connectivity index (χ1n) is 7.63. The van der Waals surface area contributed by atoms with Gasteiger partial charge in [0, 0.05) is 37.9 Å². The summed E-state index contributed by atoms with van der Waals surface area (Å²) in [4.78, 5) is 18.8. The van der Waals surface area contributed by atoms with Gasteiger partial charge in [-0.05, 0) is 20.8 Å². The number of hydrogen-bond acceptors (Lipinski definition) is 4. The van der Waals surface area contributed by atoms with Crippen molar-refractivity contribution < 1.29 is 4.79 Å². The van der Waals surface area contributed by atoms with Crippen LogP contribution in [0.5, 0.6) is 0 Å². The number of aromatic nitrogens is 4. The highest BCUT2D eigenvalue weighted by Crippen LogP contribution is 2.17. The third kappa shape index (κ3) is 2.76. The largest absolute Gasteiger partial charge is 0.332 e. The number of rotatable bonds is 4. The third-order valence-corrected chi connectivity index (χ3v) is 4.13. The Morgan fingerprint density at radius 1 is 1.32 bits per heavy atom. The fourth-order valence-corrected chi connectivity index (χ4v) is 2.76. The van der Waals surface area contributed by atoms with Crippen molar-refractivity contribution in [2.24, 2.45) is 0 Å². The van der Waals surface area contributed by atoms with Crippen LogP contribution in [0.2, 0.25) is 0 Å². The van der Waals surface area contributed by atoms with Crippen LogP contribution in [-0.2, 0) is 17.9 Å². The second-order valence-electron chi connectivity index (χ2n) is 5.97. The molecule has 1 atom stereocenters. The van der Waals surface area contributed by atoms with Crippen molar-refractivity contribution in [1.29, 1.82) is 0 Å². The summed E-state index contributed by atoms with van der Waals surface area (Å²) in [6, 6.07) is 1.85. The van der Waals surface area contributed by atoms with Gasteiger partial charge in [-0.1, -0.05) is 0 Å². The van der Waals surface area contributed by atoms with Gasteiger partial charge in [-0.15, -0.1) is 0 Å². The molecule has 0 fully saturated rings. The van der Waals surface area contributed by atoms with E-state index in [0.29, 0.717) is 0 Å². The molecular formula is C15H22N6O. The van der Waals surface area contributed by atoms with Crippen molar-refractivity contribution in [2.45, 2.75) is 45.9 Å². The average molecular weight is 302 g/mol. The molecule has 2 aromatic rings. The number of anilines is 1. The van der Waals surface area contributed by atoms with Crippen molar-refractivity contribution in [2.75, 3.05) is 11.9 Å². The number of nitrogens with zero attached hydrogens (tertiary/aromatic N) is 5. The van der Waals surface area contributed by atoms with Crippen molar-refractivity contribution in [1.82, 2.24) is 24.2 Å². The Morgan fingerprint density at radius 3 is 2.91 bits per heavy atom. The van der Waals surface area contributed by atoms with E-state index >= 15 is 0 Å². The van der Waals surface area contributed by atoms with E-state index in [-0.39, 0.29) is 18.0 Å². The van der Waals surface area contributed by atoms with Crippen molar-refractivity contribution >= 4 is 11.7 Å². The van der Waals surface area contributed by atoms with Gasteiger partial charge in [0.1, 0.15) is 5.82 Å². The van der Waals surface area contributed by atoms with Crippen LogP contribution in [0.3, 0.4) is 0 Å². The van der Waals surface area contributed by atoms with E-state index in [0.717, 1.165) is 31.1 Å². The molecule has 7 heteroatoms. The first-order valence-corrected chi connectivity index (χ1v) is 7.63. The van der Waals surface area contributed by atoms with Crippen LogP contribution in [0.1, 0.15) is 32.5 Å². The predicted molar refractivity (Wildman–Crippen MR) is 83.3 cm³/mol. The molecule has 1 unspecified atom stereocenters. The Labute approximate surface area is 129 Å². The quantitative estimate of drug-likeness (QED) is 0.929. The summed E-state index contributed by atoms with van der Waals surface area (Å²) in [5, 5.41) is 7.22. The van der Waals surface area contributed by atoms with Crippen molar-refractivity contribution in [3.8, 4) is 0 Å². The summed E-state index contributed by atoms with van der Waals surface area (Å²) < 4.78 is 3.95. The Morgan fingerprint density at radius 2 is 2.14 bits per heavy atom. The van der Waals surface area contributed by atoms with E-state index in [1.165, 1.54) is 0 Å². The molecule has 1 aliphatic heterocycles. The van der Waals surface area contributed by atoms with E-state index in [1.54, 1.807) is 6.20 Å². The molecule has 3 rings (SSSR count). The zero-order chi connectivity index (χ0) is 15.7. The smallest absolute Gasteiger partial charge is 0.242 e. The number of carbonyl (C=O) groups is 1. The van der Waals surface area contributed by atoms with Crippen LogP contribution < -0.4 is 5.32 Å². The van der Waals surface area contributed by atoms with E-state index < -0.39 is 0 Å². The lowest BCUT2D eigenvalue weighted by Gasteiger charge is -2.32. The number of nitrogens with one attached hydrogen (secondary N) is 1. The van der Waals surface area contributed by atoms with Gasteiger partial charge in [-0.2, -0.15) is 5.10 Å². The molecule has 0 aliphatic carbocycles. The molecule has 7 nitrogen and oxygen atoms in total. The maximum absolute atomic E-state index is 12.5. The lowest BCUT2D eigenvalue weighted by molar-refractivity contribution is -0.121. The second-order valence-corrected chi connectivity index (χ2v) is 5.97. The maximum Gasteiger partial charge on any atom is 0.242 e. The van der Waals surface area contributed by atoms with Gasteiger partial charge < -0.3 is 9.88 Å². The molecule has 0 bridgehead atoms. The van der Waals surface area contributed by atoms with Crippen LogP contribution in [0, 0.1) is 0 Å². The molecule has 118 valence electrons. The van der Waals surface area contributed by atoms with Crippen LogP contribution >= 0.6 is 0 Å². The Kier molecular flexibility index (Phi) is 3.98. The van der Waals surface area contributed by atoms with E-state index in [9.17, 15) is 4.79 Å². The second kappa shape index (κ2) is 5.92. The molecule has 1 N–H and O–H groups in total. The van der Waals surface area contributed by atoms with Crippen LogP contribution in [0.15, 0.2) is 24.8 Å². The lowest BCUT2D eigenvalue weighted by Crippen LogP contribution is -2.45. The Bertz CT molecular complexity index is 659. The number of fused-ring (bicyclic) bond motifs is 1. The highest BCUT2D eigenvalue weighted by Gasteiger charge is 2.26. The van der Waals surface area contributed by atoms with Gasteiger partial charge in [0.05, 0.1) is 24.3 Å². The summed E-state index contributed by atoms with van der Waals surface area (Å²) in [5.74, 6) is 0.740. The normalized spacial score (nSPS) is 16.5. The minimum absolute atomic E-state index is 0.00429. The van der Waals surface area contributed by atoms with E-state index in [4.69, 9.17) is 0 Å². The number of carbonyl (C=O) groups excluding carboxylic acids is 1. The molecule has 1 aliphatic rings. The molecule has 22 heavy (non-hydrogen) atoms. The lowest BCUT2D eigenvalue weighted by atomic mass is 10.2. The minimum atomic E-state index is -0.195. The highest BCUT2D eigenvalue weighted by molar-refractivity contribution is 5.93. The van der Waals surface area contributed by atoms with Crippen LogP contribution in [-0.4, -0.2) is 42.7 Å². The predicted octanol–water partition coefficient (Wildman–Crippen LogP) is 1.50. The summed E-state index contributed by atoms with van der Waals surface area (Å²) >= 11 is 0. The summed E-state index contributed by atoms with van der Waals surface area (Å²) in [6.45, 7) is 8.49. The molecule has 2 aromatic heterocycles. The van der Waals surface area contributed by atoms with Gasteiger partial charge >= 0.3 is 0 Å². The number of imidazole rings is 1. The molecule has 0 radical (unpaired) electrons. The number of hydrogen-bond donors (Lipinski definition) is 1. The van der Waals surface area contributed by atoms with Gasteiger partial charge in [0.15, 0.2) is 0 Å². The topological polar surface area (TPSA) is 68.0 Å². The highest BCUT2D eigenvalue weighted by atomic mass is 16.2. The SMILES string of the molecule is CC(C(=O)Nc1ccnn1C(C)C)N1CCn2cncc2C1. The molecule has 0 saturated carbocycles. The molecule has 3 heterocycles. The average Bonchev–Trinajstić information content (AvgIpc) is 3.13. The first-order chi connectivity index (χ1) is 10.6. The van der Waals surface area contributed by atoms with Gasteiger partial charge in [0.2, 0.25) is 5.91 Å². The summed E-state index contributed by atoms with van der Waals surface area (Å²) in [6.07, 6.45) is 5.42. The third-order valence-electron chi connectivity index (χ3n) is 4.13. The Hall–Kier alpha value is -2.15. The Balaban J connectivity index is 1.66. The summed E-state index contributed by atoms with van der Waals surface area (Å²) in [5.41, 5.74) is 1.15. The van der Waals surface area contributed by atoms with Gasteiger partial charge in [0.25, 0.3) is 0 Å². The molecular weight excluding hydrogens is 280 g/mol. The van der Waals surface area contributed by atoms with Crippen molar-refractivity contribution in [3.63, 3.8) is 0 Å². The molecule has 0 aromatic carbocycles. The fraction of sp³-hybridized carbons (Fsp3) is 0.533. The first kappa shape index (κ1) is 14.8. The van der Waals surface area contributed by atoms with E-state index in [1.807, 2.05) is 44.0 Å². The van der Waals surface area contributed by atoms with Crippen LogP contribution in [0.25, 0.3) is 0 Å². The van der Waals surface area contributed by atoms with Gasteiger partial charge in [-0.3, -0.25) is 9.69 Å². The number of amides is 1.